The lowest BCUT2D eigenvalue weighted by Crippen LogP contribution is -2.29. The highest BCUT2D eigenvalue weighted by Gasteiger charge is 2.05. The quantitative estimate of drug-likeness (QED) is 0.654. The third-order valence-electron chi connectivity index (χ3n) is 2.46. The molecule has 1 aromatic carbocycles. The van der Waals surface area contributed by atoms with E-state index in [0.29, 0.717) is 0 Å². The lowest BCUT2D eigenvalue weighted by atomic mass is 10.2. The van der Waals surface area contributed by atoms with Crippen molar-refractivity contribution in [2.75, 3.05) is 0 Å². The first-order chi connectivity index (χ1) is 7.27. The highest BCUT2D eigenvalue weighted by atomic mass is 15.1. The molecule has 0 radical (unpaired) electrons. The zero-order valence-electron chi connectivity index (χ0n) is 9.09. The standard InChI is InChI=1S/C13H15N2/c1-14-10-11-15(2)13(14)9-8-12-6-4-3-5-7-12/h3-11H,1-2H3/q+1/b9-8+. The van der Waals surface area contributed by atoms with Crippen LogP contribution >= 0.6 is 0 Å². The predicted molar refractivity (Wildman–Crippen MR) is 62.0 cm³/mol. The van der Waals surface area contributed by atoms with Gasteiger partial charge in [0, 0.05) is 6.08 Å². The maximum Gasteiger partial charge on any atom is 0.280 e. The average Bonchev–Trinajstić information content (AvgIpc) is 2.58. The highest BCUT2D eigenvalue weighted by Crippen LogP contribution is 2.04. The van der Waals surface area contributed by atoms with E-state index in [4.69, 9.17) is 0 Å². The van der Waals surface area contributed by atoms with Crippen LogP contribution in [0.5, 0.6) is 0 Å². The molecule has 0 spiro atoms. The van der Waals surface area contributed by atoms with E-state index in [2.05, 4.69) is 33.4 Å². The van der Waals surface area contributed by atoms with Crippen LogP contribution in [0.25, 0.3) is 12.2 Å². The summed E-state index contributed by atoms with van der Waals surface area (Å²) in [5.41, 5.74) is 1.22. The minimum atomic E-state index is 1.18. The third kappa shape index (κ3) is 2.15. The van der Waals surface area contributed by atoms with Crippen LogP contribution in [0.4, 0.5) is 0 Å². The molecule has 0 saturated carbocycles. The zero-order chi connectivity index (χ0) is 10.7. The van der Waals surface area contributed by atoms with Crippen LogP contribution < -0.4 is 4.57 Å². The molecule has 0 aliphatic carbocycles. The van der Waals surface area contributed by atoms with E-state index >= 15 is 0 Å². The molecule has 2 nitrogen and oxygen atoms in total. The molecule has 0 aliphatic heterocycles. The lowest BCUT2D eigenvalue weighted by Gasteiger charge is -1.92. The number of benzene rings is 1. The molecule has 1 heterocycles. The van der Waals surface area contributed by atoms with Gasteiger partial charge in [0.25, 0.3) is 5.82 Å². The summed E-state index contributed by atoms with van der Waals surface area (Å²) < 4.78 is 4.19. The predicted octanol–water partition coefficient (Wildman–Crippen LogP) is 2.02. The minimum Gasteiger partial charge on any atom is -0.233 e. The third-order valence-corrected chi connectivity index (χ3v) is 2.46. The molecule has 15 heavy (non-hydrogen) atoms. The van der Waals surface area contributed by atoms with Crippen molar-refractivity contribution >= 4 is 12.2 Å². The molecule has 0 fully saturated rings. The van der Waals surface area contributed by atoms with Crippen molar-refractivity contribution in [1.82, 2.24) is 4.57 Å². The van der Waals surface area contributed by atoms with Crippen LogP contribution in [0.3, 0.4) is 0 Å². The van der Waals surface area contributed by atoms with Gasteiger partial charge in [-0.2, -0.15) is 0 Å². The molecule has 2 aromatic rings. The molecule has 2 rings (SSSR count). The molecule has 0 aliphatic rings. The summed E-state index contributed by atoms with van der Waals surface area (Å²) >= 11 is 0. The Hall–Kier alpha value is -1.83. The topological polar surface area (TPSA) is 8.81 Å². The van der Waals surface area contributed by atoms with Crippen LogP contribution in [0, 0.1) is 0 Å². The molecular formula is C13H15N2+. The molecule has 2 heteroatoms. The van der Waals surface area contributed by atoms with Gasteiger partial charge in [0.05, 0.1) is 14.1 Å². The second kappa shape index (κ2) is 4.13. The SMILES string of the molecule is Cn1cc[n+](C)c1/C=C/c1ccccc1. The van der Waals surface area contributed by atoms with Crippen molar-refractivity contribution in [1.29, 1.82) is 0 Å². The molecule has 1 aromatic heterocycles. The Morgan fingerprint density at radius 3 is 2.47 bits per heavy atom. The van der Waals surface area contributed by atoms with Gasteiger partial charge in [-0.25, -0.2) is 9.13 Å². The van der Waals surface area contributed by atoms with Crippen molar-refractivity contribution in [3.63, 3.8) is 0 Å². The van der Waals surface area contributed by atoms with Crippen LogP contribution in [-0.4, -0.2) is 4.57 Å². The first-order valence-electron chi connectivity index (χ1n) is 5.01. The molecule has 76 valence electrons. The fourth-order valence-electron chi connectivity index (χ4n) is 1.57. The van der Waals surface area contributed by atoms with Gasteiger partial charge in [-0.3, -0.25) is 0 Å². The van der Waals surface area contributed by atoms with Gasteiger partial charge in [0.15, 0.2) is 0 Å². The Labute approximate surface area is 90.1 Å². The number of rotatable bonds is 2. The molecule has 0 atom stereocenters. The average molecular weight is 199 g/mol. The Balaban J connectivity index is 2.26. The zero-order valence-corrected chi connectivity index (χ0v) is 9.09. The van der Waals surface area contributed by atoms with Gasteiger partial charge in [-0.1, -0.05) is 30.3 Å². The van der Waals surface area contributed by atoms with Crippen molar-refractivity contribution < 1.29 is 4.57 Å². The lowest BCUT2D eigenvalue weighted by molar-refractivity contribution is -0.672. The molecule has 0 amide bonds. The number of hydrogen-bond acceptors (Lipinski definition) is 0. The van der Waals surface area contributed by atoms with E-state index in [1.165, 1.54) is 11.4 Å². The summed E-state index contributed by atoms with van der Waals surface area (Å²) in [7, 11) is 4.09. The Morgan fingerprint density at radius 2 is 1.87 bits per heavy atom. The van der Waals surface area contributed by atoms with E-state index in [9.17, 15) is 0 Å². The normalized spacial score (nSPS) is 11.1. The van der Waals surface area contributed by atoms with Gasteiger partial charge in [-0.05, 0) is 11.6 Å². The second-order valence-corrected chi connectivity index (χ2v) is 3.62. The van der Waals surface area contributed by atoms with E-state index in [-0.39, 0.29) is 0 Å². The highest BCUT2D eigenvalue weighted by molar-refractivity contribution is 5.65. The number of hydrogen-bond donors (Lipinski definition) is 0. The number of aryl methyl sites for hydroxylation is 2. The summed E-state index contributed by atoms with van der Waals surface area (Å²) in [5, 5.41) is 0. The van der Waals surface area contributed by atoms with Crippen molar-refractivity contribution in [3.8, 4) is 0 Å². The van der Waals surface area contributed by atoms with Crippen LogP contribution in [0.1, 0.15) is 11.4 Å². The fourth-order valence-corrected chi connectivity index (χ4v) is 1.57. The number of aromatic nitrogens is 2. The molecule has 0 N–H and O–H groups in total. The van der Waals surface area contributed by atoms with Gasteiger partial charge in [0.2, 0.25) is 0 Å². The maximum atomic E-state index is 2.12. The smallest absolute Gasteiger partial charge is 0.233 e. The van der Waals surface area contributed by atoms with Gasteiger partial charge < -0.3 is 0 Å². The Kier molecular flexibility index (Phi) is 2.68. The summed E-state index contributed by atoms with van der Waals surface area (Å²) in [4.78, 5) is 0. The second-order valence-electron chi connectivity index (χ2n) is 3.62. The van der Waals surface area contributed by atoms with Crippen molar-refractivity contribution in [2.45, 2.75) is 0 Å². The Morgan fingerprint density at radius 1 is 1.13 bits per heavy atom. The maximum absolute atomic E-state index is 2.12. The first kappa shape index (κ1) is 9.71. The van der Waals surface area contributed by atoms with E-state index < -0.39 is 0 Å². The summed E-state index contributed by atoms with van der Waals surface area (Å²) in [6, 6.07) is 10.3. The van der Waals surface area contributed by atoms with E-state index in [1.807, 2.05) is 44.7 Å². The van der Waals surface area contributed by atoms with E-state index in [1.54, 1.807) is 0 Å². The summed E-state index contributed by atoms with van der Waals surface area (Å²) in [6.07, 6.45) is 8.33. The Bertz CT molecular complexity index is 447. The monoisotopic (exact) mass is 199 g/mol. The first-order valence-corrected chi connectivity index (χ1v) is 5.01. The summed E-state index contributed by atoms with van der Waals surface area (Å²) in [5.74, 6) is 1.18. The van der Waals surface area contributed by atoms with Crippen LogP contribution in [0.15, 0.2) is 42.7 Å². The fraction of sp³-hybridized carbons (Fsp3) is 0.154. The van der Waals surface area contributed by atoms with Gasteiger partial charge in [-0.15, -0.1) is 0 Å². The molecule has 0 unspecified atom stereocenters. The number of imidazole rings is 1. The van der Waals surface area contributed by atoms with Crippen LogP contribution in [0.2, 0.25) is 0 Å². The molecular weight excluding hydrogens is 184 g/mol. The summed E-state index contributed by atoms with van der Waals surface area (Å²) in [6.45, 7) is 0. The van der Waals surface area contributed by atoms with Gasteiger partial charge in [0.1, 0.15) is 12.4 Å². The molecule has 0 bridgehead atoms. The van der Waals surface area contributed by atoms with Crippen molar-refractivity contribution in [2.24, 2.45) is 14.1 Å². The molecule has 0 saturated heterocycles. The van der Waals surface area contributed by atoms with Gasteiger partial charge >= 0.3 is 0 Å². The van der Waals surface area contributed by atoms with Crippen LogP contribution in [-0.2, 0) is 14.1 Å². The van der Waals surface area contributed by atoms with E-state index in [0.717, 1.165) is 0 Å². The van der Waals surface area contributed by atoms with Crippen molar-refractivity contribution in [3.05, 3.63) is 54.1 Å². The minimum absolute atomic E-state index is 1.18. The number of nitrogens with zero attached hydrogens (tertiary/aromatic N) is 2. The largest absolute Gasteiger partial charge is 0.280 e.